The largest absolute Gasteiger partial charge is 0.461 e. The first-order valence-electron chi connectivity index (χ1n) is 6.96. The predicted octanol–water partition coefficient (Wildman–Crippen LogP) is 2.15. The van der Waals surface area contributed by atoms with E-state index in [9.17, 15) is 4.79 Å². The van der Waals surface area contributed by atoms with Crippen LogP contribution in [-0.2, 0) is 11.3 Å². The van der Waals surface area contributed by atoms with E-state index in [4.69, 9.17) is 4.74 Å². The monoisotopic (exact) mass is 288 g/mol. The molecule has 0 aromatic carbocycles. The van der Waals surface area contributed by atoms with Crippen LogP contribution < -0.4 is 0 Å². The Hall–Kier alpha value is -2.24. The second kappa shape index (κ2) is 6.47. The van der Waals surface area contributed by atoms with Crippen LogP contribution in [0.15, 0.2) is 18.3 Å². The molecule has 0 unspecified atom stereocenters. The van der Waals surface area contributed by atoms with E-state index in [1.165, 1.54) is 0 Å². The summed E-state index contributed by atoms with van der Waals surface area (Å²) in [5.41, 5.74) is 2.95. The van der Waals surface area contributed by atoms with Gasteiger partial charge in [-0.3, -0.25) is 4.98 Å². The molecule has 0 fully saturated rings. The van der Waals surface area contributed by atoms with Gasteiger partial charge in [0.2, 0.25) is 0 Å². The summed E-state index contributed by atoms with van der Waals surface area (Å²) < 4.78 is 6.86. The van der Waals surface area contributed by atoms with Crippen LogP contribution in [0, 0.1) is 19.8 Å². The molecule has 0 aliphatic rings. The average Bonchev–Trinajstić information content (AvgIpc) is 2.80. The molecule has 2 aromatic rings. The number of aromatic nitrogens is 4. The van der Waals surface area contributed by atoms with Gasteiger partial charge in [-0.2, -0.15) is 0 Å². The summed E-state index contributed by atoms with van der Waals surface area (Å²) >= 11 is 0. The Kier molecular flexibility index (Phi) is 4.67. The van der Waals surface area contributed by atoms with Gasteiger partial charge in [0.05, 0.1) is 24.5 Å². The average molecular weight is 288 g/mol. The van der Waals surface area contributed by atoms with Crippen LogP contribution >= 0.6 is 0 Å². The van der Waals surface area contributed by atoms with E-state index in [-0.39, 0.29) is 5.69 Å². The Morgan fingerprint density at radius 1 is 1.38 bits per heavy atom. The molecule has 2 heterocycles. The Labute approximate surface area is 124 Å². The minimum Gasteiger partial charge on any atom is -0.461 e. The Bertz CT molecular complexity index is 634. The highest BCUT2D eigenvalue weighted by Crippen LogP contribution is 2.10. The van der Waals surface area contributed by atoms with Gasteiger partial charge in [0.15, 0.2) is 5.69 Å². The molecule has 0 radical (unpaired) electrons. The summed E-state index contributed by atoms with van der Waals surface area (Å²) in [5, 5.41) is 7.96. The van der Waals surface area contributed by atoms with Crippen LogP contribution in [0.2, 0.25) is 0 Å². The lowest BCUT2D eigenvalue weighted by Gasteiger charge is -2.07. The first kappa shape index (κ1) is 15.2. The van der Waals surface area contributed by atoms with Crippen molar-refractivity contribution in [2.45, 2.75) is 34.2 Å². The fraction of sp³-hybridized carbons (Fsp3) is 0.467. The predicted molar refractivity (Wildman–Crippen MR) is 78.0 cm³/mol. The molecular weight excluding hydrogens is 268 g/mol. The molecule has 0 aliphatic heterocycles. The number of nitrogens with zero attached hydrogens (tertiary/aromatic N) is 4. The lowest BCUT2D eigenvalue weighted by atomic mass is 10.2. The van der Waals surface area contributed by atoms with E-state index >= 15 is 0 Å². The third-order valence-corrected chi connectivity index (χ3v) is 3.14. The highest BCUT2D eigenvalue weighted by molar-refractivity contribution is 5.88. The van der Waals surface area contributed by atoms with Crippen molar-refractivity contribution in [2.24, 2.45) is 5.92 Å². The van der Waals surface area contributed by atoms with Crippen molar-refractivity contribution in [1.29, 1.82) is 0 Å². The normalized spacial score (nSPS) is 10.9. The Morgan fingerprint density at radius 2 is 2.14 bits per heavy atom. The number of rotatable bonds is 5. The topological polar surface area (TPSA) is 69.9 Å². The van der Waals surface area contributed by atoms with E-state index in [1.54, 1.807) is 10.9 Å². The number of hydrogen-bond donors (Lipinski definition) is 0. The maximum Gasteiger partial charge on any atom is 0.360 e. The van der Waals surface area contributed by atoms with Crippen molar-refractivity contribution in [3.8, 4) is 0 Å². The van der Waals surface area contributed by atoms with Crippen molar-refractivity contribution in [3.05, 3.63) is 41.0 Å². The minimum atomic E-state index is -0.426. The lowest BCUT2D eigenvalue weighted by molar-refractivity contribution is 0.0451. The van der Waals surface area contributed by atoms with E-state index < -0.39 is 5.97 Å². The third-order valence-electron chi connectivity index (χ3n) is 3.14. The van der Waals surface area contributed by atoms with Gasteiger partial charge in [0.1, 0.15) is 0 Å². The number of pyridine rings is 1. The van der Waals surface area contributed by atoms with Crippen LogP contribution in [0.5, 0.6) is 0 Å². The number of hydrogen-bond acceptors (Lipinski definition) is 5. The number of carbonyl (C=O) groups excluding carboxylic acids is 1. The van der Waals surface area contributed by atoms with Gasteiger partial charge in [-0.25, -0.2) is 9.48 Å². The summed E-state index contributed by atoms with van der Waals surface area (Å²) in [6.07, 6.45) is 1.74. The van der Waals surface area contributed by atoms with E-state index in [2.05, 4.69) is 15.3 Å². The van der Waals surface area contributed by atoms with Gasteiger partial charge in [-0.1, -0.05) is 25.1 Å². The molecule has 0 amide bonds. The standard InChI is InChI=1S/C15H20N4O2/c1-10(2)9-21-15(20)14-12(4)19(18-17-14)8-13-11(3)6-5-7-16-13/h5-7,10H,8-9H2,1-4H3. The molecule has 21 heavy (non-hydrogen) atoms. The fourth-order valence-corrected chi connectivity index (χ4v) is 1.84. The third kappa shape index (κ3) is 3.65. The van der Waals surface area contributed by atoms with E-state index in [0.29, 0.717) is 24.8 Å². The molecular formula is C15H20N4O2. The van der Waals surface area contributed by atoms with Gasteiger partial charge in [-0.05, 0) is 31.4 Å². The molecule has 112 valence electrons. The van der Waals surface area contributed by atoms with Crippen LogP contribution in [0.1, 0.15) is 41.3 Å². The van der Waals surface area contributed by atoms with Crippen LogP contribution in [-0.4, -0.2) is 32.6 Å². The zero-order chi connectivity index (χ0) is 15.4. The molecule has 0 atom stereocenters. The number of esters is 1. The number of aryl methyl sites for hydroxylation is 1. The van der Waals surface area contributed by atoms with Gasteiger partial charge in [0.25, 0.3) is 0 Å². The summed E-state index contributed by atoms with van der Waals surface area (Å²) in [4.78, 5) is 16.3. The fourth-order valence-electron chi connectivity index (χ4n) is 1.84. The zero-order valence-electron chi connectivity index (χ0n) is 12.8. The van der Waals surface area contributed by atoms with Gasteiger partial charge >= 0.3 is 5.97 Å². The highest BCUT2D eigenvalue weighted by Gasteiger charge is 2.18. The second-order valence-corrected chi connectivity index (χ2v) is 5.44. The molecule has 0 N–H and O–H groups in total. The van der Waals surface area contributed by atoms with Crippen LogP contribution in [0.25, 0.3) is 0 Å². The Balaban J connectivity index is 2.14. The Morgan fingerprint density at radius 3 is 2.81 bits per heavy atom. The van der Waals surface area contributed by atoms with E-state index in [0.717, 1.165) is 11.3 Å². The molecule has 2 aromatic heterocycles. The maximum absolute atomic E-state index is 11.9. The number of carbonyl (C=O) groups is 1. The minimum absolute atomic E-state index is 0.268. The lowest BCUT2D eigenvalue weighted by Crippen LogP contribution is -2.12. The van der Waals surface area contributed by atoms with E-state index in [1.807, 2.05) is 39.8 Å². The van der Waals surface area contributed by atoms with Gasteiger partial charge < -0.3 is 4.74 Å². The summed E-state index contributed by atoms with van der Waals surface area (Å²) in [6, 6.07) is 3.88. The molecule has 0 bridgehead atoms. The van der Waals surface area contributed by atoms with Crippen molar-refractivity contribution < 1.29 is 9.53 Å². The van der Waals surface area contributed by atoms with Crippen LogP contribution in [0.3, 0.4) is 0 Å². The maximum atomic E-state index is 11.9. The molecule has 0 spiro atoms. The summed E-state index contributed by atoms with van der Waals surface area (Å²) in [5.74, 6) is -0.134. The van der Waals surface area contributed by atoms with Gasteiger partial charge in [-0.15, -0.1) is 5.10 Å². The zero-order valence-corrected chi connectivity index (χ0v) is 12.8. The summed E-state index contributed by atoms with van der Waals surface area (Å²) in [6.45, 7) is 8.64. The SMILES string of the molecule is Cc1cccnc1Cn1nnc(C(=O)OCC(C)C)c1C. The second-order valence-electron chi connectivity index (χ2n) is 5.44. The quantitative estimate of drug-likeness (QED) is 0.788. The van der Waals surface area contributed by atoms with Crippen molar-refractivity contribution >= 4 is 5.97 Å². The van der Waals surface area contributed by atoms with Crippen molar-refractivity contribution in [3.63, 3.8) is 0 Å². The van der Waals surface area contributed by atoms with Crippen LogP contribution in [0.4, 0.5) is 0 Å². The summed E-state index contributed by atoms with van der Waals surface area (Å²) in [7, 11) is 0. The molecule has 6 heteroatoms. The highest BCUT2D eigenvalue weighted by atomic mass is 16.5. The van der Waals surface area contributed by atoms with Crippen molar-refractivity contribution in [2.75, 3.05) is 6.61 Å². The van der Waals surface area contributed by atoms with Crippen molar-refractivity contribution in [1.82, 2.24) is 20.0 Å². The molecule has 0 saturated heterocycles. The first-order chi connectivity index (χ1) is 9.99. The molecule has 6 nitrogen and oxygen atoms in total. The smallest absolute Gasteiger partial charge is 0.360 e. The number of ether oxygens (including phenoxy) is 1. The molecule has 2 rings (SSSR count). The molecule has 0 aliphatic carbocycles. The first-order valence-corrected chi connectivity index (χ1v) is 6.96. The molecule has 0 saturated carbocycles. The van der Waals surface area contributed by atoms with Gasteiger partial charge in [0, 0.05) is 6.20 Å².